The molecule has 4 nitrogen and oxygen atoms in total. The average Bonchev–Trinajstić information content (AvgIpc) is 2.37. The lowest BCUT2D eigenvalue weighted by Gasteiger charge is -2.36. The number of carbonyl (C=O) groups is 1. The smallest absolute Gasteiger partial charge is 0.221 e. The molecule has 4 heteroatoms. The highest BCUT2D eigenvalue weighted by Crippen LogP contribution is 2.33. The van der Waals surface area contributed by atoms with Crippen LogP contribution < -0.4 is 11.1 Å². The fraction of sp³-hybridized carbons (Fsp3) is 0.933. The molecule has 1 atom stereocenters. The van der Waals surface area contributed by atoms with E-state index in [9.17, 15) is 9.90 Å². The Balaban J connectivity index is 2.30. The third kappa shape index (κ3) is 5.49. The van der Waals surface area contributed by atoms with E-state index in [1.165, 1.54) is 6.42 Å². The van der Waals surface area contributed by atoms with Gasteiger partial charge < -0.3 is 16.2 Å². The van der Waals surface area contributed by atoms with Crippen molar-refractivity contribution in [2.24, 2.45) is 17.6 Å². The molecule has 19 heavy (non-hydrogen) atoms. The Morgan fingerprint density at radius 3 is 2.47 bits per heavy atom. The zero-order valence-electron chi connectivity index (χ0n) is 12.6. The lowest BCUT2D eigenvalue weighted by Crippen LogP contribution is -2.46. The molecule has 0 aliphatic heterocycles. The van der Waals surface area contributed by atoms with E-state index >= 15 is 0 Å². The minimum Gasteiger partial charge on any atom is -0.388 e. The van der Waals surface area contributed by atoms with Crippen LogP contribution in [0.1, 0.15) is 59.3 Å². The summed E-state index contributed by atoms with van der Waals surface area (Å²) in [5.41, 5.74) is 5.17. The molecule has 4 N–H and O–H groups in total. The van der Waals surface area contributed by atoms with Gasteiger partial charge in [0.1, 0.15) is 0 Å². The van der Waals surface area contributed by atoms with Crippen molar-refractivity contribution >= 4 is 5.91 Å². The van der Waals surface area contributed by atoms with Crippen LogP contribution in [0.2, 0.25) is 0 Å². The van der Waals surface area contributed by atoms with Crippen LogP contribution in [0.3, 0.4) is 0 Å². The molecule has 1 amide bonds. The molecule has 1 unspecified atom stereocenters. The van der Waals surface area contributed by atoms with Crippen molar-refractivity contribution in [3.63, 3.8) is 0 Å². The van der Waals surface area contributed by atoms with E-state index in [-0.39, 0.29) is 11.9 Å². The maximum atomic E-state index is 11.8. The Labute approximate surface area is 117 Å². The van der Waals surface area contributed by atoms with Gasteiger partial charge >= 0.3 is 0 Å². The highest BCUT2D eigenvalue weighted by Gasteiger charge is 2.32. The topological polar surface area (TPSA) is 75.3 Å². The molecule has 0 aromatic rings. The van der Waals surface area contributed by atoms with Gasteiger partial charge in [-0.1, -0.05) is 27.2 Å². The van der Waals surface area contributed by atoms with E-state index in [0.717, 1.165) is 31.6 Å². The van der Waals surface area contributed by atoms with Gasteiger partial charge in [-0.05, 0) is 37.5 Å². The van der Waals surface area contributed by atoms with E-state index in [1.54, 1.807) is 0 Å². The van der Waals surface area contributed by atoms with Crippen LogP contribution in [0, 0.1) is 11.8 Å². The maximum absolute atomic E-state index is 11.8. The third-order valence-corrected chi connectivity index (χ3v) is 4.51. The summed E-state index contributed by atoms with van der Waals surface area (Å²) in [6, 6.07) is -0.106. The molecule has 1 aliphatic rings. The van der Waals surface area contributed by atoms with Crippen LogP contribution in [-0.2, 0) is 4.79 Å². The van der Waals surface area contributed by atoms with Gasteiger partial charge in [-0.15, -0.1) is 0 Å². The largest absolute Gasteiger partial charge is 0.388 e. The monoisotopic (exact) mass is 270 g/mol. The average molecular weight is 270 g/mol. The summed E-state index contributed by atoms with van der Waals surface area (Å²) in [5, 5.41) is 13.3. The van der Waals surface area contributed by atoms with Crippen molar-refractivity contribution in [3.8, 4) is 0 Å². The van der Waals surface area contributed by atoms with Crippen LogP contribution in [0.15, 0.2) is 0 Å². The molecular formula is C15H30N2O2. The minimum atomic E-state index is -0.705. The fourth-order valence-corrected chi connectivity index (χ4v) is 2.59. The summed E-state index contributed by atoms with van der Waals surface area (Å²) in [6.07, 6.45) is 5.24. The molecule has 0 aromatic carbocycles. The van der Waals surface area contributed by atoms with Gasteiger partial charge in [-0.3, -0.25) is 4.79 Å². The first kappa shape index (κ1) is 16.4. The van der Waals surface area contributed by atoms with E-state index in [2.05, 4.69) is 12.2 Å². The summed E-state index contributed by atoms with van der Waals surface area (Å²) in [7, 11) is 0. The summed E-state index contributed by atoms with van der Waals surface area (Å²) < 4.78 is 0. The Kier molecular flexibility index (Phi) is 6.27. The van der Waals surface area contributed by atoms with Crippen molar-refractivity contribution in [1.82, 2.24) is 5.32 Å². The summed E-state index contributed by atoms with van der Waals surface area (Å²) in [4.78, 5) is 11.8. The Hall–Kier alpha value is -0.610. The zero-order valence-corrected chi connectivity index (χ0v) is 12.6. The van der Waals surface area contributed by atoms with Crippen molar-refractivity contribution in [1.29, 1.82) is 0 Å². The second kappa shape index (κ2) is 7.25. The van der Waals surface area contributed by atoms with Gasteiger partial charge in [-0.2, -0.15) is 0 Å². The van der Waals surface area contributed by atoms with Crippen molar-refractivity contribution in [3.05, 3.63) is 0 Å². The molecular weight excluding hydrogens is 240 g/mol. The lowest BCUT2D eigenvalue weighted by molar-refractivity contribution is -0.123. The van der Waals surface area contributed by atoms with Crippen LogP contribution in [0.5, 0.6) is 0 Å². The fourth-order valence-electron chi connectivity index (χ4n) is 2.59. The van der Waals surface area contributed by atoms with E-state index in [4.69, 9.17) is 5.73 Å². The van der Waals surface area contributed by atoms with Gasteiger partial charge in [0.05, 0.1) is 5.60 Å². The van der Waals surface area contributed by atoms with E-state index < -0.39 is 5.60 Å². The molecule has 112 valence electrons. The number of nitrogens with two attached hydrogens (primary N) is 1. The molecule has 0 radical (unpaired) electrons. The second-order valence-corrected chi connectivity index (χ2v) is 6.46. The lowest BCUT2D eigenvalue weighted by atomic mass is 9.78. The first-order valence-electron chi connectivity index (χ1n) is 7.61. The van der Waals surface area contributed by atoms with Crippen molar-refractivity contribution < 1.29 is 9.90 Å². The second-order valence-electron chi connectivity index (χ2n) is 6.46. The number of carbonyl (C=O) groups excluding carboxylic acids is 1. The maximum Gasteiger partial charge on any atom is 0.221 e. The quantitative estimate of drug-likeness (QED) is 0.689. The number of nitrogens with one attached hydrogen (secondary N) is 1. The van der Waals surface area contributed by atoms with Gasteiger partial charge in [0, 0.05) is 19.0 Å². The van der Waals surface area contributed by atoms with Crippen LogP contribution in [0.4, 0.5) is 0 Å². The first-order chi connectivity index (χ1) is 8.86. The van der Waals surface area contributed by atoms with Gasteiger partial charge in [0.25, 0.3) is 0 Å². The highest BCUT2D eigenvalue weighted by molar-refractivity contribution is 5.76. The molecule has 0 bridgehead atoms. The zero-order chi connectivity index (χ0) is 14.5. The first-order valence-corrected chi connectivity index (χ1v) is 7.61. The molecule has 0 heterocycles. The van der Waals surface area contributed by atoms with E-state index in [1.807, 2.05) is 13.8 Å². The summed E-state index contributed by atoms with van der Waals surface area (Å²) in [6.45, 7) is 6.59. The number of rotatable bonds is 6. The predicted octanol–water partition coefficient (Wildman–Crippen LogP) is 1.81. The molecule has 0 aromatic heterocycles. The van der Waals surface area contributed by atoms with E-state index in [0.29, 0.717) is 18.9 Å². The highest BCUT2D eigenvalue weighted by atomic mass is 16.3. The van der Waals surface area contributed by atoms with Crippen LogP contribution in [0.25, 0.3) is 0 Å². The van der Waals surface area contributed by atoms with Crippen LogP contribution >= 0.6 is 0 Å². The van der Waals surface area contributed by atoms with Crippen LogP contribution in [-0.4, -0.2) is 29.2 Å². The Morgan fingerprint density at radius 1 is 1.42 bits per heavy atom. The molecule has 1 rings (SSSR count). The van der Waals surface area contributed by atoms with Gasteiger partial charge in [0.2, 0.25) is 5.91 Å². The Morgan fingerprint density at radius 2 is 2.00 bits per heavy atom. The normalized spacial score (nSPS) is 29.3. The SMILES string of the molecule is CCC1CCC(O)(CNC(=O)CC(N)C(C)C)CC1. The van der Waals surface area contributed by atoms with Crippen molar-refractivity contribution in [2.75, 3.05) is 6.54 Å². The molecule has 0 saturated heterocycles. The molecule has 1 fully saturated rings. The third-order valence-electron chi connectivity index (χ3n) is 4.51. The molecule has 0 spiro atoms. The number of aliphatic hydroxyl groups is 1. The number of hydrogen-bond donors (Lipinski definition) is 3. The predicted molar refractivity (Wildman–Crippen MR) is 77.6 cm³/mol. The van der Waals surface area contributed by atoms with Gasteiger partial charge in [0.15, 0.2) is 0 Å². The Bertz CT molecular complexity index is 284. The van der Waals surface area contributed by atoms with Crippen molar-refractivity contribution in [2.45, 2.75) is 70.9 Å². The summed E-state index contributed by atoms with van der Waals surface area (Å²) in [5.74, 6) is 0.992. The molecule has 1 saturated carbocycles. The standard InChI is InChI=1S/C15H30N2O2/c1-4-12-5-7-15(19,8-6-12)10-17-14(18)9-13(16)11(2)3/h11-13,19H,4-10,16H2,1-3H3,(H,17,18). The summed E-state index contributed by atoms with van der Waals surface area (Å²) >= 11 is 0. The molecule has 1 aliphatic carbocycles. The number of amides is 1. The number of hydrogen-bond acceptors (Lipinski definition) is 3. The van der Waals surface area contributed by atoms with Gasteiger partial charge in [-0.25, -0.2) is 0 Å². The minimum absolute atomic E-state index is 0.0489.